The van der Waals surface area contributed by atoms with E-state index in [0.717, 1.165) is 13.1 Å². The number of rotatable bonds is 5. The lowest BCUT2D eigenvalue weighted by atomic mass is 9.91. The second-order valence-electron chi connectivity index (χ2n) is 5.09. The molecular weight excluding hydrogens is 214 g/mol. The predicted octanol–water partition coefficient (Wildman–Crippen LogP) is 0.831. The Kier molecular flexibility index (Phi) is 5.92. The van der Waals surface area contributed by atoms with Gasteiger partial charge in [0.1, 0.15) is 0 Å². The van der Waals surface area contributed by atoms with Gasteiger partial charge >= 0.3 is 0 Å². The molecule has 0 spiro atoms. The van der Waals surface area contributed by atoms with Crippen LogP contribution < -0.4 is 10.6 Å². The molecule has 1 amide bonds. The molecule has 1 heterocycles. The lowest BCUT2D eigenvalue weighted by molar-refractivity contribution is -0.122. The van der Waals surface area contributed by atoms with Gasteiger partial charge in [0, 0.05) is 19.6 Å². The topological polar surface area (TPSA) is 44.4 Å². The fraction of sp³-hybridized carbons (Fsp3) is 0.923. The Morgan fingerprint density at radius 2 is 2.18 bits per heavy atom. The Labute approximate surface area is 105 Å². The summed E-state index contributed by atoms with van der Waals surface area (Å²) in [6.45, 7) is 9.86. The Hall–Kier alpha value is -0.610. The van der Waals surface area contributed by atoms with Gasteiger partial charge in [-0.05, 0) is 45.7 Å². The zero-order chi connectivity index (χ0) is 12.8. The highest BCUT2D eigenvalue weighted by Crippen LogP contribution is 2.19. The van der Waals surface area contributed by atoms with Gasteiger partial charge in [-0.3, -0.25) is 4.79 Å². The van der Waals surface area contributed by atoms with Crippen LogP contribution in [0.1, 0.15) is 33.6 Å². The molecule has 0 radical (unpaired) electrons. The van der Waals surface area contributed by atoms with E-state index in [9.17, 15) is 4.79 Å². The Morgan fingerprint density at radius 3 is 2.76 bits per heavy atom. The van der Waals surface area contributed by atoms with Crippen LogP contribution in [-0.4, -0.2) is 49.6 Å². The van der Waals surface area contributed by atoms with Crippen LogP contribution in [0.2, 0.25) is 0 Å². The minimum absolute atomic E-state index is 0.0695. The molecule has 0 aromatic heterocycles. The van der Waals surface area contributed by atoms with E-state index >= 15 is 0 Å². The Balaban J connectivity index is 2.41. The maximum absolute atomic E-state index is 11.5. The van der Waals surface area contributed by atoms with Crippen molar-refractivity contribution >= 4 is 5.91 Å². The molecule has 0 aliphatic carbocycles. The molecule has 0 saturated carbocycles. The van der Waals surface area contributed by atoms with Crippen LogP contribution >= 0.6 is 0 Å². The fourth-order valence-electron chi connectivity index (χ4n) is 2.61. The molecule has 1 aliphatic rings. The molecule has 4 heteroatoms. The van der Waals surface area contributed by atoms with Crippen molar-refractivity contribution in [3.63, 3.8) is 0 Å². The highest BCUT2D eigenvalue weighted by molar-refractivity contribution is 5.80. The number of likely N-dealkylation sites (tertiary alicyclic amines) is 1. The minimum atomic E-state index is -0.105. The first-order valence-electron chi connectivity index (χ1n) is 6.78. The molecule has 1 rings (SSSR count). The highest BCUT2D eigenvalue weighted by Gasteiger charge is 2.25. The average molecular weight is 241 g/mol. The fourth-order valence-corrected chi connectivity index (χ4v) is 2.61. The van der Waals surface area contributed by atoms with Crippen LogP contribution in [0.15, 0.2) is 0 Å². The van der Waals surface area contributed by atoms with Gasteiger partial charge in [-0.25, -0.2) is 0 Å². The van der Waals surface area contributed by atoms with Crippen molar-refractivity contribution in [3.05, 3.63) is 0 Å². The normalized spacial score (nSPS) is 25.3. The third-order valence-corrected chi connectivity index (χ3v) is 3.85. The van der Waals surface area contributed by atoms with E-state index in [1.165, 1.54) is 19.4 Å². The molecule has 1 saturated heterocycles. The van der Waals surface area contributed by atoms with Crippen molar-refractivity contribution in [2.75, 3.05) is 26.7 Å². The van der Waals surface area contributed by atoms with Crippen LogP contribution in [0.5, 0.6) is 0 Å². The van der Waals surface area contributed by atoms with Gasteiger partial charge in [-0.2, -0.15) is 0 Å². The molecule has 0 bridgehead atoms. The molecule has 3 unspecified atom stereocenters. The van der Waals surface area contributed by atoms with Gasteiger partial charge in [-0.1, -0.05) is 6.92 Å². The molecule has 0 aromatic carbocycles. The van der Waals surface area contributed by atoms with Crippen molar-refractivity contribution in [3.8, 4) is 0 Å². The second-order valence-corrected chi connectivity index (χ2v) is 5.09. The summed E-state index contributed by atoms with van der Waals surface area (Å²) in [6, 6.07) is 0.295. The molecular formula is C13H27N3O. The number of piperidine rings is 1. The number of nitrogens with zero attached hydrogens (tertiary/aromatic N) is 1. The predicted molar refractivity (Wildman–Crippen MR) is 71.0 cm³/mol. The minimum Gasteiger partial charge on any atom is -0.358 e. The van der Waals surface area contributed by atoms with Gasteiger partial charge < -0.3 is 15.5 Å². The molecule has 17 heavy (non-hydrogen) atoms. The van der Waals surface area contributed by atoms with E-state index in [4.69, 9.17) is 0 Å². The third kappa shape index (κ3) is 4.28. The molecule has 3 atom stereocenters. The number of carbonyl (C=O) groups is 1. The monoisotopic (exact) mass is 241 g/mol. The van der Waals surface area contributed by atoms with Gasteiger partial charge in [0.2, 0.25) is 5.91 Å². The quantitative estimate of drug-likeness (QED) is 0.749. The number of hydrogen-bond donors (Lipinski definition) is 2. The van der Waals surface area contributed by atoms with Gasteiger partial charge in [0.15, 0.2) is 0 Å². The SMILES string of the molecule is CCN1CCCC(C(C)NC(C)C(=O)NC)C1. The standard InChI is InChI=1S/C13H27N3O/c1-5-16-8-6-7-12(9-16)10(2)15-11(3)13(17)14-4/h10-12,15H,5-9H2,1-4H3,(H,14,17). The number of hydrogen-bond acceptors (Lipinski definition) is 3. The van der Waals surface area contributed by atoms with E-state index in [1.807, 2.05) is 6.92 Å². The molecule has 4 nitrogen and oxygen atoms in total. The summed E-state index contributed by atoms with van der Waals surface area (Å²) in [5, 5.41) is 6.09. The third-order valence-electron chi connectivity index (χ3n) is 3.85. The summed E-state index contributed by atoms with van der Waals surface area (Å²) in [6.07, 6.45) is 2.55. The van der Waals surface area contributed by atoms with Gasteiger partial charge in [-0.15, -0.1) is 0 Å². The zero-order valence-electron chi connectivity index (χ0n) is 11.6. The second kappa shape index (κ2) is 6.97. The highest BCUT2D eigenvalue weighted by atomic mass is 16.2. The summed E-state index contributed by atoms with van der Waals surface area (Å²) < 4.78 is 0. The van der Waals surface area contributed by atoms with Crippen molar-refractivity contribution in [2.24, 2.45) is 5.92 Å². The number of amides is 1. The number of nitrogens with one attached hydrogen (secondary N) is 2. The smallest absolute Gasteiger partial charge is 0.236 e. The van der Waals surface area contributed by atoms with Gasteiger partial charge in [0.05, 0.1) is 6.04 Å². The molecule has 0 aromatic rings. The first-order chi connectivity index (χ1) is 8.08. The molecule has 100 valence electrons. The molecule has 2 N–H and O–H groups in total. The Bertz CT molecular complexity index is 245. The van der Waals surface area contributed by atoms with E-state index in [0.29, 0.717) is 12.0 Å². The molecule has 1 fully saturated rings. The Morgan fingerprint density at radius 1 is 1.47 bits per heavy atom. The van der Waals surface area contributed by atoms with E-state index in [2.05, 4.69) is 29.4 Å². The van der Waals surface area contributed by atoms with Crippen molar-refractivity contribution in [1.82, 2.24) is 15.5 Å². The van der Waals surface area contributed by atoms with Crippen LogP contribution in [0.25, 0.3) is 0 Å². The first kappa shape index (κ1) is 14.5. The number of likely N-dealkylation sites (N-methyl/N-ethyl adjacent to an activating group) is 1. The number of carbonyl (C=O) groups excluding carboxylic acids is 1. The summed E-state index contributed by atoms with van der Waals surface area (Å²) in [7, 11) is 1.69. The summed E-state index contributed by atoms with van der Waals surface area (Å²) in [5.41, 5.74) is 0. The van der Waals surface area contributed by atoms with Crippen LogP contribution in [0.4, 0.5) is 0 Å². The maximum Gasteiger partial charge on any atom is 0.236 e. The maximum atomic E-state index is 11.5. The summed E-state index contributed by atoms with van der Waals surface area (Å²) >= 11 is 0. The summed E-state index contributed by atoms with van der Waals surface area (Å²) in [4.78, 5) is 14.0. The van der Waals surface area contributed by atoms with E-state index in [1.54, 1.807) is 7.05 Å². The lowest BCUT2D eigenvalue weighted by Crippen LogP contribution is -2.50. The average Bonchev–Trinajstić information content (AvgIpc) is 2.37. The molecule has 1 aliphatic heterocycles. The van der Waals surface area contributed by atoms with E-state index in [-0.39, 0.29) is 11.9 Å². The van der Waals surface area contributed by atoms with E-state index < -0.39 is 0 Å². The van der Waals surface area contributed by atoms with Crippen LogP contribution in [-0.2, 0) is 4.79 Å². The largest absolute Gasteiger partial charge is 0.358 e. The van der Waals surface area contributed by atoms with Crippen molar-refractivity contribution in [2.45, 2.75) is 45.7 Å². The van der Waals surface area contributed by atoms with Crippen LogP contribution in [0.3, 0.4) is 0 Å². The van der Waals surface area contributed by atoms with Crippen molar-refractivity contribution in [1.29, 1.82) is 0 Å². The van der Waals surface area contributed by atoms with Gasteiger partial charge in [0.25, 0.3) is 0 Å². The zero-order valence-corrected chi connectivity index (χ0v) is 11.6. The van der Waals surface area contributed by atoms with Crippen LogP contribution in [0, 0.1) is 5.92 Å². The van der Waals surface area contributed by atoms with Crippen molar-refractivity contribution < 1.29 is 4.79 Å². The first-order valence-corrected chi connectivity index (χ1v) is 6.78. The lowest BCUT2D eigenvalue weighted by Gasteiger charge is -2.36. The summed E-state index contributed by atoms with van der Waals surface area (Å²) in [5.74, 6) is 0.732.